The molecule has 9 heavy (non-hydrogen) atoms. The van der Waals surface area contributed by atoms with Crippen LogP contribution in [0.4, 0.5) is 0 Å². The predicted molar refractivity (Wildman–Crippen MR) is 38.0 cm³/mol. The summed E-state index contributed by atoms with van der Waals surface area (Å²) in [7, 11) is 0. The van der Waals surface area contributed by atoms with Gasteiger partial charge in [-0.1, -0.05) is 0 Å². The maximum atomic E-state index is 5.81. The Morgan fingerprint density at radius 3 is 2.22 bits per heavy atom. The van der Waals surface area contributed by atoms with Gasteiger partial charge in [0.2, 0.25) is 0 Å². The number of hydrogen-bond donors (Lipinski definition) is 1. The Morgan fingerprint density at radius 1 is 1.33 bits per heavy atom. The molecule has 3 aliphatic rings. The lowest BCUT2D eigenvalue weighted by atomic mass is 9.81. The first-order valence-corrected chi connectivity index (χ1v) is 4.03. The lowest BCUT2D eigenvalue weighted by Crippen LogP contribution is -2.28. The lowest BCUT2D eigenvalue weighted by molar-refractivity contribution is 0.261. The van der Waals surface area contributed by atoms with E-state index in [2.05, 4.69) is 6.92 Å². The Bertz CT molecular complexity index is 114. The van der Waals surface area contributed by atoms with E-state index in [1.165, 1.54) is 19.3 Å². The second-order valence-corrected chi connectivity index (χ2v) is 3.86. The fourth-order valence-electron chi connectivity index (χ4n) is 2.55. The van der Waals surface area contributed by atoms with Crippen LogP contribution in [0.5, 0.6) is 0 Å². The molecule has 0 heterocycles. The van der Waals surface area contributed by atoms with Gasteiger partial charge in [-0.3, -0.25) is 0 Å². The summed E-state index contributed by atoms with van der Waals surface area (Å²) in [6, 6.07) is 0.461. The van der Waals surface area contributed by atoms with Gasteiger partial charge in [-0.15, -0.1) is 0 Å². The van der Waals surface area contributed by atoms with Crippen LogP contribution in [0.3, 0.4) is 0 Å². The first kappa shape index (κ1) is 5.72. The summed E-state index contributed by atoms with van der Waals surface area (Å²) in [5.74, 6) is 2.98. The molecule has 0 saturated heterocycles. The van der Waals surface area contributed by atoms with E-state index in [0.717, 1.165) is 17.8 Å². The molecule has 2 N–H and O–H groups in total. The fourth-order valence-corrected chi connectivity index (χ4v) is 2.55. The summed E-state index contributed by atoms with van der Waals surface area (Å²) >= 11 is 0. The smallest absolute Gasteiger partial charge is 0.00415 e. The average molecular weight is 125 g/mol. The zero-order valence-corrected chi connectivity index (χ0v) is 6.01. The Balaban J connectivity index is 2.00. The highest BCUT2D eigenvalue weighted by Gasteiger charge is 2.45. The number of fused-ring (bicyclic) bond motifs is 1. The third-order valence-corrected chi connectivity index (χ3v) is 3.16. The molecule has 1 heteroatoms. The molecule has 0 radical (unpaired) electrons. The van der Waals surface area contributed by atoms with Gasteiger partial charge < -0.3 is 5.73 Å². The summed E-state index contributed by atoms with van der Waals surface area (Å²) < 4.78 is 0. The van der Waals surface area contributed by atoms with E-state index < -0.39 is 0 Å². The number of nitrogens with two attached hydrogens (primary N) is 1. The highest BCUT2D eigenvalue weighted by molar-refractivity contribution is 4.96. The molecule has 3 rings (SSSR count). The zero-order valence-electron chi connectivity index (χ0n) is 6.01. The number of hydrogen-bond acceptors (Lipinski definition) is 1. The van der Waals surface area contributed by atoms with Gasteiger partial charge in [0.25, 0.3) is 0 Å². The molecule has 3 aliphatic carbocycles. The monoisotopic (exact) mass is 125 g/mol. The number of rotatable bonds is 1. The van der Waals surface area contributed by atoms with Crippen molar-refractivity contribution in [3.63, 3.8) is 0 Å². The van der Waals surface area contributed by atoms with Crippen LogP contribution in [0.2, 0.25) is 0 Å². The van der Waals surface area contributed by atoms with Crippen molar-refractivity contribution in [2.45, 2.75) is 32.2 Å². The molecule has 0 aromatic rings. The third-order valence-electron chi connectivity index (χ3n) is 3.16. The molecule has 2 bridgehead atoms. The van der Waals surface area contributed by atoms with Gasteiger partial charge in [0, 0.05) is 6.04 Å². The minimum atomic E-state index is 0.461. The van der Waals surface area contributed by atoms with Crippen molar-refractivity contribution >= 4 is 0 Å². The van der Waals surface area contributed by atoms with Crippen molar-refractivity contribution in [3.05, 3.63) is 0 Å². The molecular formula is C8H15N. The quantitative estimate of drug-likeness (QED) is 0.563. The van der Waals surface area contributed by atoms with Crippen molar-refractivity contribution in [1.29, 1.82) is 0 Å². The van der Waals surface area contributed by atoms with E-state index in [1.807, 2.05) is 0 Å². The second kappa shape index (κ2) is 1.72. The predicted octanol–water partition coefficient (Wildman–Crippen LogP) is 1.38. The molecule has 2 unspecified atom stereocenters. The zero-order chi connectivity index (χ0) is 6.43. The van der Waals surface area contributed by atoms with Gasteiger partial charge in [0.15, 0.2) is 0 Å². The molecule has 0 spiro atoms. The standard InChI is InChI=1S/C8H15N/c1-5(9)8-4-6-2-7(8)3-6/h5-8H,2-4,9H2,1H3. The first-order valence-electron chi connectivity index (χ1n) is 4.03. The minimum absolute atomic E-state index is 0.461. The summed E-state index contributed by atoms with van der Waals surface area (Å²) in [6.45, 7) is 2.16. The summed E-state index contributed by atoms with van der Waals surface area (Å²) in [4.78, 5) is 0. The van der Waals surface area contributed by atoms with Crippen molar-refractivity contribution in [3.8, 4) is 0 Å². The maximum Gasteiger partial charge on any atom is 0.00415 e. The Hall–Kier alpha value is -0.0400. The highest BCUT2D eigenvalue weighted by Crippen LogP contribution is 2.53. The first-order chi connectivity index (χ1) is 4.27. The van der Waals surface area contributed by atoms with Gasteiger partial charge in [0.05, 0.1) is 0 Å². The van der Waals surface area contributed by atoms with Crippen molar-refractivity contribution < 1.29 is 0 Å². The van der Waals surface area contributed by atoms with Crippen LogP contribution in [0, 0.1) is 17.8 Å². The van der Waals surface area contributed by atoms with Gasteiger partial charge in [0.1, 0.15) is 0 Å². The van der Waals surface area contributed by atoms with Crippen molar-refractivity contribution in [2.75, 3.05) is 0 Å². The van der Waals surface area contributed by atoms with Gasteiger partial charge in [-0.25, -0.2) is 0 Å². The largest absolute Gasteiger partial charge is 0.328 e. The van der Waals surface area contributed by atoms with Gasteiger partial charge in [-0.2, -0.15) is 0 Å². The molecular weight excluding hydrogens is 110 g/mol. The van der Waals surface area contributed by atoms with E-state index in [-0.39, 0.29) is 0 Å². The van der Waals surface area contributed by atoms with Crippen LogP contribution >= 0.6 is 0 Å². The van der Waals surface area contributed by atoms with Crippen molar-refractivity contribution in [2.24, 2.45) is 23.5 Å². The second-order valence-electron chi connectivity index (χ2n) is 3.86. The Kier molecular flexibility index (Phi) is 1.10. The highest BCUT2D eigenvalue weighted by atomic mass is 14.7. The SMILES string of the molecule is CC(N)C1CC2CC1C2. The molecule has 3 saturated carbocycles. The summed E-state index contributed by atoms with van der Waals surface area (Å²) in [5.41, 5.74) is 5.81. The van der Waals surface area contributed by atoms with Gasteiger partial charge >= 0.3 is 0 Å². The Labute approximate surface area is 56.6 Å². The summed E-state index contributed by atoms with van der Waals surface area (Å²) in [6.07, 6.45) is 4.42. The van der Waals surface area contributed by atoms with Crippen molar-refractivity contribution in [1.82, 2.24) is 0 Å². The van der Waals surface area contributed by atoms with E-state index in [1.54, 1.807) is 0 Å². The minimum Gasteiger partial charge on any atom is -0.328 e. The molecule has 0 aliphatic heterocycles. The van der Waals surface area contributed by atoms with Crippen LogP contribution in [0.25, 0.3) is 0 Å². The van der Waals surface area contributed by atoms with Crippen LogP contribution in [0.15, 0.2) is 0 Å². The maximum absolute atomic E-state index is 5.81. The van der Waals surface area contributed by atoms with Crippen LogP contribution in [-0.2, 0) is 0 Å². The lowest BCUT2D eigenvalue weighted by Gasteiger charge is -2.25. The topological polar surface area (TPSA) is 26.0 Å². The van der Waals surface area contributed by atoms with E-state index in [4.69, 9.17) is 5.73 Å². The van der Waals surface area contributed by atoms with Crippen LogP contribution in [-0.4, -0.2) is 6.04 Å². The molecule has 0 aromatic carbocycles. The molecule has 0 aromatic heterocycles. The van der Waals surface area contributed by atoms with E-state index in [0.29, 0.717) is 6.04 Å². The molecule has 1 nitrogen and oxygen atoms in total. The third kappa shape index (κ3) is 0.710. The van der Waals surface area contributed by atoms with E-state index >= 15 is 0 Å². The average Bonchev–Trinajstić information content (AvgIpc) is 2.12. The van der Waals surface area contributed by atoms with Crippen LogP contribution < -0.4 is 5.73 Å². The Morgan fingerprint density at radius 2 is 2.00 bits per heavy atom. The molecule has 2 atom stereocenters. The van der Waals surface area contributed by atoms with Gasteiger partial charge in [-0.05, 0) is 43.9 Å². The normalized spacial score (nSPS) is 50.7. The molecule has 3 fully saturated rings. The van der Waals surface area contributed by atoms with E-state index in [9.17, 15) is 0 Å². The van der Waals surface area contributed by atoms with Crippen LogP contribution in [0.1, 0.15) is 26.2 Å². The fraction of sp³-hybridized carbons (Fsp3) is 1.00. The molecule has 52 valence electrons. The summed E-state index contributed by atoms with van der Waals surface area (Å²) in [5, 5.41) is 0. The molecule has 0 amide bonds.